The number of rotatable bonds is 7. The van der Waals surface area contributed by atoms with Gasteiger partial charge in [0.05, 0.1) is 0 Å². The maximum Gasteiger partial charge on any atom is 0.119 e. The smallest absolute Gasteiger partial charge is 0.119 e. The van der Waals surface area contributed by atoms with Gasteiger partial charge in [-0.15, -0.1) is 0 Å². The van der Waals surface area contributed by atoms with Crippen molar-refractivity contribution >= 4 is 0 Å². The summed E-state index contributed by atoms with van der Waals surface area (Å²) in [6.45, 7) is 4.29. The van der Waals surface area contributed by atoms with E-state index >= 15 is 0 Å². The highest BCUT2D eigenvalue weighted by molar-refractivity contribution is 5.58. The first-order valence-electron chi connectivity index (χ1n) is 15.0. The van der Waals surface area contributed by atoms with Crippen LogP contribution in [0.15, 0.2) is 48.5 Å². The van der Waals surface area contributed by atoms with Crippen molar-refractivity contribution in [2.24, 2.45) is 0 Å². The molecular weight excluding hydrogens is 468 g/mol. The minimum absolute atomic E-state index is 0.174. The number of para-hydroxylation sites is 1. The molecule has 2 aliphatic rings. The van der Waals surface area contributed by atoms with Crippen LogP contribution in [0.4, 0.5) is 0 Å². The average molecular weight is 513 g/mol. The lowest BCUT2D eigenvalue weighted by atomic mass is 9.75. The Hall–Kier alpha value is -2.94. The van der Waals surface area contributed by atoms with Crippen molar-refractivity contribution in [3.05, 3.63) is 87.5 Å². The van der Waals surface area contributed by atoms with Gasteiger partial charge < -0.3 is 15.3 Å². The second-order valence-corrected chi connectivity index (χ2v) is 11.6. The largest absolute Gasteiger partial charge is 0.508 e. The Labute approximate surface area is 228 Å². The summed E-state index contributed by atoms with van der Waals surface area (Å²) in [4.78, 5) is 0. The van der Waals surface area contributed by atoms with Crippen LogP contribution in [0.3, 0.4) is 0 Å². The van der Waals surface area contributed by atoms with Crippen LogP contribution in [0.25, 0.3) is 0 Å². The Morgan fingerprint density at radius 3 is 1.45 bits per heavy atom. The van der Waals surface area contributed by atoms with Crippen LogP contribution in [0.1, 0.15) is 135 Å². The van der Waals surface area contributed by atoms with Crippen molar-refractivity contribution in [1.82, 2.24) is 0 Å². The molecule has 2 saturated carbocycles. The van der Waals surface area contributed by atoms with E-state index in [4.69, 9.17) is 0 Å². The number of phenolic OH excluding ortho intramolecular Hbond substituents is 3. The van der Waals surface area contributed by atoms with Crippen LogP contribution >= 0.6 is 0 Å². The van der Waals surface area contributed by atoms with Gasteiger partial charge in [-0.2, -0.15) is 0 Å². The number of aromatic hydroxyl groups is 3. The molecule has 3 aromatic rings. The Morgan fingerprint density at radius 2 is 1.03 bits per heavy atom. The second-order valence-electron chi connectivity index (χ2n) is 11.6. The molecule has 0 aliphatic heterocycles. The van der Waals surface area contributed by atoms with Crippen LogP contribution in [0.2, 0.25) is 0 Å². The molecule has 0 heterocycles. The highest BCUT2D eigenvalue weighted by atomic mass is 16.3. The summed E-state index contributed by atoms with van der Waals surface area (Å²) < 4.78 is 0. The van der Waals surface area contributed by atoms with Crippen molar-refractivity contribution < 1.29 is 15.3 Å². The lowest BCUT2D eigenvalue weighted by molar-refractivity contribution is 0.413. The van der Waals surface area contributed by atoms with Gasteiger partial charge in [-0.25, -0.2) is 0 Å². The lowest BCUT2D eigenvalue weighted by Gasteiger charge is -2.30. The Balaban J connectivity index is 1.74. The number of benzene rings is 3. The third kappa shape index (κ3) is 5.30. The molecule has 0 spiro atoms. The average Bonchev–Trinajstić information content (AvgIpc) is 2.96. The van der Waals surface area contributed by atoms with Crippen LogP contribution in [-0.4, -0.2) is 15.3 Å². The standard InChI is InChI=1S/C35H44O3/c1-3-23-19-33(37)28(25-13-7-5-8-14-25)21-30(23)35(27-17-11-12-18-32(27)36)31-22-29(26-15-9-6-10-16-26)34(38)20-24(31)4-2/h11-12,17-22,25-26,35-38H,3-10,13-16H2,1-2H3. The third-order valence-corrected chi connectivity index (χ3v) is 9.30. The summed E-state index contributed by atoms with van der Waals surface area (Å²) in [5.41, 5.74) is 7.57. The quantitative estimate of drug-likeness (QED) is 0.277. The molecule has 3 N–H and O–H groups in total. The van der Waals surface area contributed by atoms with Gasteiger partial charge in [0.1, 0.15) is 17.2 Å². The van der Waals surface area contributed by atoms with Gasteiger partial charge in [0.15, 0.2) is 0 Å². The first-order chi connectivity index (χ1) is 18.5. The molecule has 2 fully saturated rings. The van der Waals surface area contributed by atoms with Crippen molar-refractivity contribution in [2.45, 2.75) is 109 Å². The molecule has 2 aliphatic carbocycles. The second kappa shape index (κ2) is 11.8. The van der Waals surface area contributed by atoms with Gasteiger partial charge >= 0.3 is 0 Å². The predicted molar refractivity (Wildman–Crippen MR) is 156 cm³/mol. The van der Waals surface area contributed by atoms with E-state index in [1.165, 1.54) is 49.7 Å². The molecule has 38 heavy (non-hydrogen) atoms. The normalized spacial score (nSPS) is 17.2. The first kappa shape index (κ1) is 26.7. The van der Waals surface area contributed by atoms with E-state index in [-0.39, 0.29) is 5.92 Å². The molecule has 5 rings (SSSR count). The van der Waals surface area contributed by atoms with Crippen LogP contribution in [-0.2, 0) is 12.8 Å². The molecule has 0 aromatic heterocycles. The minimum Gasteiger partial charge on any atom is -0.508 e. The molecule has 3 heteroatoms. The van der Waals surface area contributed by atoms with Crippen LogP contribution < -0.4 is 0 Å². The number of aryl methyl sites for hydroxylation is 2. The van der Waals surface area contributed by atoms with Gasteiger partial charge in [0.2, 0.25) is 0 Å². The van der Waals surface area contributed by atoms with E-state index in [1.807, 2.05) is 30.3 Å². The minimum atomic E-state index is -0.174. The maximum atomic E-state index is 11.2. The summed E-state index contributed by atoms with van der Waals surface area (Å²) in [7, 11) is 0. The van der Waals surface area contributed by atoms with E-state index in [0.29, 0.717) is 29.1 Å². The monoisotopic (exact) mass is 512 g/mol. The van der Waals surface area contributed by atoms with Crippen molar-refractivity contribution in [3.63, 3.8) is 0 Å². The molecule has 3 nitrogen and oxygen atoms in total. The SMILES string of the molecule is CCc1cc(O)c(C2CCCCC2)cc1C(c1ccccc1O)c1cc(C2CCCCC2)c(O)cc1CC. The van der Waals surface area contributed by atoms with Crippen LogP contribution in [0.5, 0.6) is 17.2 Å². The zero-order chi connectivity index (χ0) is 26.6. The summed E-state index contributed by atoms with van der Waals surface area (Å²) in [5, 5.41) is 33.5. The molecule has 0 unspecified atom stereocenters. The van der Waals surface area contributed by atoms with Gasteiger partial charge in [0, 0.05) is 11.5 Å². The lowest BCUT2D eigenvalue weighted by Crippen LogP contribution is -2.13. The summed E-state index contributed by atoms with van der Waals surface area (Å²) in [6, 6.07) is 16.2. The number of phenols is 3. The molecule has 0 atom stereocenters. The summed E-state index contributed by atoms with van der Waals surface area (Å²) >= 11 is 0. The molecular formula is C35H44O3. The Morgan fingerprint density at radius 1 is 0.579 bits per heavy atom. The van der Waals surface area contributed by atoms with E-state index in [1.54, 1.807) is 6.07 Å². The van der Waals surface area contributed by atoms with Crippen molar-refractivity contribution in [3.8, 4) is 17.2 Å². The van der Waals surface area contributed by atoms with Gasteiger partial charge in [-0.1, -0.05) is 82.7 Å². The van der Waals surface area contributed by atoms with Gasteiger partial charge in [-0.3, -0.25) is 0 Å². The van der Waals surface area contributed by atoms with E-state index in [2.05, 4.69) is 26.0 Å². The third-order valence-electron chi connectivity index (χ3n) is 9.30. The fourth-order valence-corrected chi connectivity index (χ4v) is 7.20. The molecule has 202 valence electrons. The fourth-order valence-electron chi connectivity index (χ4n) is 7.20. The summed E-state index contributed by atoms with van der Waals surface area (Å²) in [6.07, 6.45) is 13.4. The fraction of sp³-hybridized carbons (Fsp3) is 0.486. The highest BCUT2D eigenvalue weighted by Gasteiger charge is 2.29. The van der Waals surface area contributed by atoms with Crippen molar-refractivity contribution in [2.75, 3.05) is 0 Å². The number of hydrogen-bond acceptors (Lipinski definition) is 3. The highest BCUT2D eigenvalue weighted by Crippen LogP contribution is 2.47. The van der Waals surface area contributed by atoms with Crippen LogP contribution in [0, 0.1) is 0 Å². The zero-order valence-corrected chi connectivity index (χ0v) is 23.2. The van der Waals surface area contributed by atoms with E-state index in [0.717, 1.165) is 66.3 Å². The Bertz CT molecular complexity index is 1170. The predicted octanol–water partition coefficient (Wildman–Crippen LogP) is 9.20. The first-order valence-corrected chi connectivity index (χ1v) is 15.0. The van der Waals surface area contributed by atoms with Gasteiger partial charge in [0.25, 0.3) is 0 Å². The molecule has 0 saturated heterocycles. The van der Waals surface area contributed by atoms with E-state index in [9.17, 15) is 15.3 Å². The zero-order valence-electron chi connectivity index (χ0n) is 23.2. The molecule has 0 bridgehead atoms. The maximum absolute atomic E-state index is 11.2. The van der Waals surface area contributed by atoms with E-state index < -0.39 is 0 Å². The molecule has 0 radical (unpaired) electrons. The van der Waals surface area contributed by atoms with Crippen molar-refractivity contribution in [1.29, 1.82) is 0 Å². The molecule has 0 amide bonds. The molecule has 3 aromatic carbocycles. The summed E-state index contributed by atoms with van der Waals surface area (Å²) in [5.74, 6) is 1.70. The van der Waals surface area contributed by atoms with Gasteiger partial charge in [-0.05, 0) is 102 Å². The topological polar surface area (TPSA) is 60.7 Å². The number of hydrogen-bond donors (Lipinski definition) is 3. The Kier molecular flexibility index (Phi) is 8.31.